The van der Waals surface area contributed by atoms with Crippen LogP contribution >= 0.6 is 22.6 Å². The molecule has 2 aromatic rings. The summed E-state index contributed by atoms with van der Waals surface area (Å²) in [5, 5.41) is 2.90. The maximum atomic E-state index is 12.0. The Morgan fingerprint density at radius 2 is 1.72 bits per heavy atom. The first-order chi connectivity index (χ1) is 8.56. The highest BCUT2D eigenvalue weighted by atomic mass is 127. The van der Waals surface area contributed by atoms with Gasteiger partial charge in [0.05, 0.1) is 0 Å². The molecule has 0 fully saturated rings. The first kappa shape index (κ1) is 13.1. The minimum atomic E-state index is -0.0735. The van der Waals surface area contributed by atoms with Gasteiger partial charge in [0, 0.05) is 14.8 Å². The molecule has 0 heterocycles. The van der Waals surface area contributed by atoms with Crippen LogP contribution in [-0.4, -0.2) is 5.91 Å². The fourth-order valence-electron chi connectivity index (χ4n) is 1.63. The summed E-state index contributed by atoms with van der Waals surface area (Å²) in [6.07, 6.45) is 0. The summed E-state index contributed by atoms with van der Waals surface area (Å²) in [6, 6.07) is 13.5. The van der Waals surface area contributed by atoms with E-state index in [9.17, 15) is 4.79 Å². The third-order valence-corrected chi connectivity index (χ3v) is 3.94. The lowest BCUT2D eigenvalue weighted by Crippen LogP contribution is -2.11. The molecule has 0 saturated carbocycles. The first-order valence-corrected chi connectivity index (χ1v) is 6.78. The number of amides is 1. The lowest BCUT2D eigenvalue weighted by Gasteiger charge is -2.07. The number of anilines is 1. The second-order valence-electron chi connectivity index (χ2n) is 4.28. The predicted molar refractivity (Wildman–Crippen MR) is 83.0 cm³/mol. The Morgan fingerprint density at radius 3 is 2.33 bits per heavy atom. The van der Waals surface area contributed by atoms with Crippen molar-refractivity contribution < 1.29 is 4.79 Å². The molecule has 2 nitrogen and oxygen atoms in total. The standard InChI is InChI=1S/C15H14INO/c1-10-3-5-12(6-4-10)15(18)17-13-7-8-14(16)11(2)9-13/h3-9H,1-2H3,(H,17,18). The van der Waals surface area contributed by atoms with Gasteiger partial charge in [-0.3, -0.25) is 4.79 Å². The Balaban J connectivity index is 2.16. The lowest BCUT2D eigenvalue weighted by atomic mass is 10.1. The number of carbonyl (C=O) groups excluding carboxylic acids is 1. The molecule has 0 bridgehead atoms. The zero-order valence-electron chi connectivity index (χ0n) is 10.3. The van der Waals surface area contributed by atoms with Crippen LogP contribution in [0.3, 0.4) is 0 Å². The molecule has 0 aliphatic carbocycles. The van der Waals surface area contributed by atoms with Crippen LogP contribution in [0.1, 0.15) is 21.5 Å². The topological polar surface area (TPSA) is 29.1 Å². The third-order valence-electron chi connectivity index (χ3n) is 2.73. The number of nitrogens with one attached hydrogen (secondary N) is 1. The Morgan fingerprint density at radius 1 is 1.06 bits per heavy atom. The van der Waals surface area contributed by atoms with Crippen LogP contribution in [0.2, 0.25) is 0 Å². The summed E-state index contributed by atoms with van der Waals surface area (Å²) in [5.41, 5.74) is 3.82. The van der Waals surface area contributed by atoms with Crippen molar-refractivity contribution in [2.24, 2.45) is 0 Å². The highest BCUT2D eigenvalue weighted by Crippen LogP contribution is 2.17. The van der Waals surface area contributed by atoms with E-state index in [4.69, 9.17) is 0 Å². The van der Waals surface area contributed by atoms with Gasteiger partial charge in [-0.15, -0.1) is 0 Å². The van der Waals surface area contributed by atoms with Crippen molar-refractivity contribution in [3.8, 4) is 0 Å². The van der Waals surface area contributed by atoms with Crippen LogP contribution < -0.4 is 5.32 Å². The van der Waals surface area contributed by atoms with Gasteiger partial charge in [0.2, 0.25) is 0 Å². The fourth-order valence-corrected chi connectivity index (χ4v) is 1.97. The number of halogens is 1. The molecule has 0 aliphatic rings. The highest BCUT2D eigenvalue weighted by molar-refractivity contribution is 14.1. The second kappa shape index (κ2) is 5.52. The van der Waals surface area contributed by atoms with Crippen molar-refractivity contribution in [1.82, 2.24) is 0 Å². The Labute approximate surface area is 121 Å². The van der Waals surface area contributed by atoms with E-state index in [0.717, 1.165) is 16.8 Å². The third kappa shape index (κ3) is 3.10. The number of hydrogen-bond donors (Lipinski definition) is 1. The zero-order chi connectivity index (χ0) is 13.1. The molecule has 1 amide bonds. The summed E-state index contributed by atoms with van der Waals surface area (Å²) in [4.78, 5) is 12.0. The SMILES string of the molecule is Cc1ccc(C(=O)Nc2ccc(I)c(C)c2)cc1. The lowest BCUT2D eigenvalue weighted by molar-refractivity contribution is 0.102. The normalized spacial score (nSPS) is 10.2. The maximum absolute atomic E-state index is 12.0. The molecule has 1 N–H and O–H groups in total. The molecule has 0 aliphatic heterocycles. The molecule has 0 atom stereocenters. The smallest absolute Gasteiger partial charge is 0.255 e. The molecule has 0 radical (unpaired) electrons. The van der Waals surface area contributed by atoms with E-state index in [0.29, 0.717) is 5.56 Å². The molecular weight excluding hydrogens is 337 g/mol. The number of hydrogen-bond acceptors (Lipinski definition) is 1. The van der Waals surface area contributed by atoms with Crippen LogP contribution in [0.25, 0.3) is 0 Å². The molecule has 18 heavy (non-hydrogen) atoms. The molecule has 2 aromatic carbocycles. The van der Waals surface area contributed by atoms with Crippen molar-refractivity contribution in [3.63, 3.8) is 0 Å². The average Bonchev–Trinajstić information content (AvgIpc) is 2.34. The number of carbonyl (C=O) groups is 1. The minimum absolute atomic E-state index is 0.0735. The van der Waals surface area contributed by atoms with Crippen molar-refractivity contribution in [2.45, 2.75) is 13.8 Å². The zero-order valence-corrected chi connectivity index (χ0v) is 12.5. The van der Waals surface area contributed by atoms with E-state index < -0.39 is 0 Å². The van der Waals surface area contributed by atoms with Crippen LogP contribution in [0.4, 0.5) is 5.69 Å². The average molecular weight is 351 g/mol. The van der Waals surface area contributed by atoms with Gasteiger partial charge in [-0.1, -0.05) is 17.7 Å². The van der Waals surface area contributed by atoms with E-state index in [1.54, 1.807) is 0 Å². The molecule has 92 valence electrons. The summed E-state index contributed by atoms with van der Waals surface area (Å²) in [6.45, 7) is 4.04. The van der Waals surface area contributed by atoms with Crippen molar-refractivity contribution in [2.75, 3.05) is 5.32 Å². The quantitative estimate of drug-likeness (QED) is 0.809. The van der Waals surface area contributed by atoms with E-state index in [1.807, 2.05) is 56.3 Å². The summed E-state index contributed by atoms with van der Waals surface area (Å²) < 4.78 is 1.20. The molecule has 3 heteroatoms. The highest BCUT2D eigenvalue weighted by Gasteiger charge is 2.06. The first-order valence-electron chi connectivity index (χ1n) is 5.70. The number of benzene rings is 2. The minimum Gasteiger partial charge on any atom is -0.322 e. The van der Waals surface area contributed by atoms with Gasteiger partial charge in [0.1, 0.15) is 0 Å². The van der Waals surface area contributed by atoms with Gasteiger partial charge in [-0.25, -0.2) is 0 Å². The van der Waals surface area contributed by atoms with Crippen LogP contribution in [0.5, 0.6) is 0 Å². The monoisotopic (exact) mass is 351 g/mol. The fraction of sp³-hybridized carbons (Fsp3) is 0.133. The Hall–Kier alpha value is -1.36. The Kier molecular flexibility index (Phi) is 4.01. The molecule has 0 aromatic heterocycles. The van der Waals surface area contributed by atoms with Gasteiger partial charge < -0.3 is 5.32 Å². The van der Waals surface area contributed by atoms with E-state index in [2.05, 4.69) is 27.9 Å². The Bertz CT molecular complexity index is 576. The van der Waals surface area contributed by atoms with Gasteiger partial charge in [-0.2, -0.15) is 0 Å². The maximum Gasteiger partial charge on any atom is 0.255 e. The van der Waals surface area contributed by atoms with Gasteiger partial charge in [0.25, 0.3) is 5.91 Å². The van der Waals surface area contributed by atoms with E-state index in [1.165, 1.54) is 3.57 Å². The van der Waals surface area contributed by atoms with E-state index >= 15 is 0 Å². The summed E-state index contributed by atoms with van der Waals surface area (Å²) in [5.74, 6) is -0.0735. The second-order valence-corrected chi connectivity index (χ2v) is 5.45. The largest absolute Gasteiger partial charge is 0.322 e. The van der Waals surface area contributed by atoms with Crippen molar-refractivity contribution in [1.29, 1.82) is 0 Å². The van der Waals surface area contributed by atoms with E-state index in [-0.39, 0.29) is 5.91 Å². The van der Waals surface area contributed by atoms with Crippen LogP contribution in [0.15, 0.2) is 42.5 Å². The molecule has 0 saturated heterocycles. The molecule has 2 rings (SSSR count). The van der Waals surface area contributed by atoms with Crippen LogP contribution in [-0.2, 0) is 0 Å². The van der Waals surface area contributed by atoms with Crippen LogP contribution in [0, 0.1) is 17.4 Å². The van der Waals surface area contributed by atoms with Gasteiger partial charge in [0.15, 0.2) is 0 Å². The molecular formula is C15H14INO. The van der Waals surface area contributed by atoms with Crippen molar-refractivity contribution in [3.05, 3.63) is 62.7 Å². The summed E-state index contributed by atoms with van der Waals surface area (Å²) >= 11 is 2.28. The van der Waals surface area contributed by atoms with Crippen molar-refractivity contribution >= 4 is 34.2 Å². The number of rotatable bonds is 2. The number of aryl methyl sites for hydroxylation is 2. The molecule has 0 spiro atoms. The predicted octanol–water partition coefficient (Wildman–Crippen LogP) is 4.16. The van der Waals surface area contributed by atoms with Gasteiger partial charge in [-0.05, 0) is 72.3 Å². The summed E-state index contributed by atoms with van der Waals surface area (Å²) in [7, 11) is 0. The van der Waals surface area contributed by atoms with Gasteiger partial charge >= 0.3 is 0 Å². The molecule has 0 unspecified atom stereocenters.